The number of phenols is 1. The molecule has 43 heteroatoms. The Labute approximate surface area is 757 Å². The lowest BCUT2D eigenvalue weighted by Crippen LogP contribution is -2.62. The summed E-state index contributed by atoms with van der Waals surface area (Å²) in [5, 5.41) is 49.2. The number of ether oxygens (including phenoxy) is 2. The molecule has 0 saturated carbocycles. The maximum Gasteiger partial charge on any atom is 0.294 e. The number of H-pyrrole nitrogens is 1. The zero-order valence-corrected chi connectivity index (χ0v) is 75.0. The minimum Gasteiger partial charge on any atom is -0.508 e. The fourth-order valence-electron chi connectivity index (χ4n) is 16.4. The monoisotopic (exact) mass is 1830 g/mol. The Kier molecular flexibility index (Phi) is 39.1. The summed E-state index contributed by atoms with van der Waals surface area (Å²) in [5.74, 6) is -15.8. The second kappa shape index (κ2) is 49.6. The lowest BCUT2D eigenvalue weighted by atomic mass is 9.99. The van der Waals surface area contributed by atoms with E-state index in [1.807, 2.05) is 13.8 Å². The van der Waals surface area contributed by atoms with Crippen molar-refractivity contribution in [2.45, 2.75) is 235 Å². The summed E-state index contributed by atoms with van der Waals surface area (Å²) in [7, 11) is 3.93. The molecule has 21 N–H and O–H groups in total. The number of phenolic OH excluding ortho intramolecular Hbond substituents is 1. The summed E-state index contributed by atoms with van der Waals surface area (Å²) in [6.45, 7) is 5.22. The van der Waals surface area contributed by atoms with Crippen LogP contribution in [0.3, 0.4) is 0 Å². The molecule has 15 atom stereocenters. The van der Waals surface area contributed by atoms with Gasteiger partial charge in [-0.1, -0.05) is 102 Å². The molecule has 714 valence electrons. The number of unbranched alkanes of at least 4 members (excludes halogenated alkanes) is 2. The van der Waals surface area contributed by atoms with E-state index in [1.54, 1.807) is 79.3 Å². The van der Waals surface area contributed by atoms with E-state index in [1.165, 1.54) is 57.2 Å². The Hall–Kier alpha value is -13.2. The average Bonchev–Trinajstić information content (AvgIpc) is 1.67. The molecule has 2 aromatic heterocycles. The fraction of sp³-hybridized carbons (Fsp3) is 0.545. The van der Waals surface area contributed by atoms with E-state index in [4.69, 9.17) is 32.4 Å². The maximum atomic E-state index is 15.9. The van der Waals surface area contributed by atoms with Crippen LogP contribution >= 0.6 is 0 Å². The highest BCUT2D eigenvalue weighted by atomic mass is 16.5. The summed E-state index contributed by atoms with van der Waals surface area (Å²) in [5.41, 5.74) is 26.4. The van der Waals surface area contributed by atoms with E-state index in [9.17, 15) is 63.0 Å². The van der Waals surface area contributed by atoms with Crippen LogP contribution in [0.1, 0.15) is 135 Å². The number of carbonyl (C=O) groups is 18. The zero-order valence-electron chi connectivity index (χ0n) is 75.0. The molecular weight excluding hydrogens is 1700 g/mol. The maximum absolute atomic E-state index is 15.9. The number of carbonyl (C=O) groups excluding carboxylic acids is 18. The van der Waals surface area contributed by atoms with Crippen LogP contribution < -0.4 is 76.1 Å². The number of para-hydroxylation sites is 2. The first-order valence-electron chi connectivity index (χ1n) is 44.0. The highest BCUT2D eigenvalue weighted by molar-refractivity contribution is 6.02. The van der Waals surface area contributed by atoms with Crippen LogP contribution in [0.25, 0.3) is 21.8 Å². The van der Waals surface area contributed by atoms with Crippen LogP contribution in [-0.4, -0.2) is 309 Å². The molecular formula is C88H125N21O22. The summed E-state index contributed by atoms with van der Waals surface area (Å²) in [6.07, 6.45) is 0.628. The van der Waals surface area contributed by atoms with Crippen molar-refractivity contribution in [1.29, 1.82) is 0 Å². The van der Waals surface area contributed by atoms with Gasteiger partial charge < -0.3 is 130 Å². The van der Waals surface area contributed by atoms with Gasteiger partial charge in [-0.15, -0.1) is 0 Å². The number of aromatic amines is 1. The number of rotatable bonds is 27. The van der Waals surface area contributed by atoms with Gasteiger partial charge >= 0.3 is 0 Å². The van der Waals surface area contributed by atoms with E-state index in [2.05, 4.69) is 58.2 Å². The number of aliphatic hydroxyl groups is 1. The number of nitrogens with zero attached hydrogens (tertiary/aromatic N) is 6. The number of benzene rings is 3. The number of nitrogens with two attached hydrogens (primary N) is 4. The molecule has 3 fully saturated rings. The van der Waals surface area contributed by atoms with Gasteiger partial charge in [0.1, 0.15) is 90.3 Å². The van der Waals surface area contributed by atoms with Crippen molar-refractivity contribution in [3.05, 3.63) is 102 Å². The number of fused-ring (bicyclic) bond motifs is 4. The molecule has 0 aliphatic carbocycles. The molecule has 16 amide bonds. The molecule has 3 aliphatic heterocycles. The Balaban J connectivity index is 1.19. The number of aliphatic hydroxyl groups excluding tert-OH is 1. The van der Waals surface area contributed by atoms with Crippen LogP contribution in [0.4, 0.5) is 0 Å². The van der Waals surface area contributed by atoms with Gasteiger partial charge in [-0.25, -0.2) is 0 Å². The SMILES string of the molecule is CCCC[C@H]1C(=O)N(C)[C@@H](CCCC)C(=O)NC(CC(C)C)C(=O)N[C@H](C(N)=O)CNCC(=O)N[C@@H](Cc2ccc(O)cc2)C(=O)N(C)[C@@H](C)C(=O)N[C@@H](CC(N)=O)C(=O)N2CCC[C@H]2C(=O)N[C@@H](CN)C(=O)N[C@@H](CCOC=O)C(=O)N2C[C@H](O)C[C@H]2C(=O)N[C@@H](Cc2c[nH]c3ccccc23)C(=O)N[C@@H](CCN)C(=O)N[C@@H](Cc2cn(COC=O)c3ccccc23)C(=O)N1C. The van der Waals surface area contributed by atoms with E-state index < -0.39 is 237 Å². The summed E-state index contributed by atoms with van der Waals surface area (Å²) < 4.78 is 11.7. The smallest absolute Gasteiger partial charge is 0.294 e. The summed E-state index contributed by atoms with van der Waals surface area (Å²) in [4.78, 5) is 267. The molecule has 1 unspecified atom stereocenters. The van der Waals surface area contributed by atoms with Gasteiger partial charge in [0.2, 0.25) is 94.5 Å². The summed E-state index contributed by atoms with van der Waals surface area (Å²) >= 11 is 0. The van der Waals surface area contributed by atoms with Gasteiger partial charge in [0.25, 0.3) is 12.9 Å². The molecule has 0 radical (unpaired) electrons. The van der Waals surface area contributed by atoms with E-state index >= 15 is 33.6 Å². The molecule has 0 bridgehead atoms. The standard InChI is InChI=1S/C88H125N21O22/c1-9-11-21-69-81(122)98-61(34-49(3)4)78(119)103-67(75(92)116)42-93-43-74(115)95-63(35-51-25-27-54(112)28-26-51)84(125)104(6)50(5)76(117)100-65(39-73(91)114)87(128)108-32-17-24-70(108)82(123)102-66(40-90)80(121)97-60(30-33-130-47-110)86(127)109-45-55(113)38-72(109)83(124)99-62(36-52-41-94-58-20-15-13-18-56(52)58)79(120)96-59(29-31-89)77(118)101-64(85(126)106(8)71(22-12-10-2)88(129)105(69)7)37-53-44-107(46-131-48-111)68-23-16-14-19-57(53)68/h13-16,18-20,23,25-28,41,44,47-50,55,59-67,69-72,93-94,112-113H,9-12,17,21-22,24,29-40,42-43,45-46,89-90H2,1-8H3,(H2,91,114)(H2,92,116)(H,95,115)(H,96,120)(H,97,121)(H,98,122)(H,99,124)(H,100,117)(H,101,118)(H,102,123)(H,103,119)/t50-,55+,59-,60-,61?,62-,63-,64-,65-,66-,67-,69-,70-,71-,72-/m0/s1. The van der Waals surface area contributed by atoms with Crippen LogP contribution in [0.15, 0.2) is 85.2 Å². The minimum absolute atomic E-state index is 0.00196. The lowest BCUT2D eigenvalue weighted by molar-refractivity contribution is -0.149. The first-order valence-corrected chi connectivity index (χ1v) is 44.0. The number of hydrogen-bond donors (Lipinski definition) is 17. The van der Waals surface area contributed by atoms with Gasteiger partial charge in [0, 0.05) is 108 Å². The third-order valence-corrected chi connectivity index (χ3v) is 23.6. The quantitative estimate of drug-likeness (QED) is 0.0176. The zero-order chi connectivity index (χ0) is 96.0. The first kappa shape index (κ1) is 103. The van der Waals surface area contributed by atoms with Crippen LogP contribution in [-0.2, 0) is 122 Å². The van der Waals surface area contributed by atoms with Crippen molar-refractivity contribution >= 4 is 129 Å². The molecule has 5 aromatic rings. The van der Waals surface area contributed by atoms with Crippen molar-refractivity contribution in [1.82, 2.24) is 87.2 Å². The third kappa shape index (κ3) is 28.2. The second-order valence-corrected chi connectivity index (χ2v) is 33.6. The molecule has 8 rings (SSSR count). The van der Waals surface area contributed by atoms with Gasteiger partial charge in [-0.2, -0.15) is 0 Å². The van der Waals surface area contributed by atoms with Crippen molar-refractivity contribution in [3.63, 3.8) is 0 Å². The van der Waals surface area contributed by atoms with E-state index in [0.29, 0.717) is 64.2 Å². The fourth-order valence-corrected chi connectivity index (χ4v) is 16.4. The highest BCUT2D eigenvalue weighted by Gasteiger charge is 2.47. The van der Waals surface area contributed by atoms with Crippen molar-refractivity contribution in [3.8, 4) is 5.75 Å². The molecule has 3 aliphatic rings. The van der Waals surface area contributed by atoms with Crippen molar-refractivity contribution in [2.24, 2.45) is 28.9 Å². The molecule has 131 heavy (non-hydrogen) atoms. The minimum atomic E-state index is -1.79. The van der Waals surface area contributed by atoms with E-state index in [0.717, 1.165) is 19.6 Å². The second-order valence-electron chi connectivity index (χ2n) is 33.6. The summed E-state index contributed by atoms with van der Waals surface area (Å²) in [6, 6.07) is -2.35. The van der Waals surface area contributed by atoms with Gasteiger partial charge in [-0.05, 0) is 98.9 Å². The number of nitrogens with one attached hydrogen (secondary N) is 11. The van der Waals surface area contributed by atoms with Crippen molar-refractivity contribution < 1.29 is 106 Å². The van der Waals surface area contributed by atoms with E-state index in [-0.39, 0.29) is 102 Å². The number of primary amides is 2. The Morgan fingerprint density at radius 1 is 0.557 bits per heavy atom. The number of amides is 16. The Morgan fingerprint density at radius 3 is 1.78 bits per heavy atom. The van der Waals surface area contributed by atoms with Gasteiger partial charge in [-0.3, -0.25) is 86.3 Å². The highest BCUT2D eigenvalue weighted by Crippen LogP contribution is 2.28. The third-order valence-electron chi connectivity index (χ3n) is 23.6. The van der Waals surface area contributed by atoms with Crippen LogP contribution in [0.2, 0.25) is 0 Å². The molecule has 5 heterocycles. The molecule has 43 nitrogen and oxygen atoms in total. The normalized spacial score (nSPS) is 25.2. The topological polar surface area (TPSA) is 627 Å². The van der Waals surface area contributed by atoms with Gasteiger partial charge in [0.15, 0.2) is 6.73 Å². The number of likely N-dealkylation sites (N-methyl/N-ethyl adjacent to an activating group) is 3. The van der Waals surface area contributed by atoms with Gasteiger partial charge in [0.05, 0.1) is 31.2 Å². The molecule has 0 spiro atoms. The lowest BCUT2D eigenvalue weighted by Gasteiger charge is -2.36. The Morgan fingerprint density at radius 2 is 1.12 bits per heavy atom. The predicted molar refractivity (Wildman–Crippen MR) is 474 cm³/mol. The number of hydrogen-bond acceptors (Lipinski definition) is 25. The molecule has 3 aromatic carbocycles. The molecule has 3 saturated heterocycles. The Bertz CT molecular complexity index is 4890. The first-order chi connectivity index (χ1) is 62.5. The predicted octanol–water partition coefficient (Wildman–Crippen LogP) is -3.94. The van der Waals surface area contributed by atoms with Crippen LogP contribution in [0.5, 0.6) is 5.75 Å². The number of aromatic nitrogens is 2. The van der Waals surface area contributed by atoms with Crippen LogP contribution in [0, 0.1) is 5.92 Å². The average molecular weight is 1830 g/mol. The number of aromatic hydroxyl groups is 1. The van der Waals surface area contributed by atoms with Crippen molar-refractivity contribution in [2.75, 3.05) is 67.0 Å². The largest absolute Gasteiger partial charge is 0.508 e.